The topological polar surface area (TPSA) is 59.7 Å². The molecule has 0 aliphatic carbocycles. The Labute approximate surface area is 152 Å². The normalized spacial score (nSPS) is 18.5. The van der Waals surface area contributed by atoms with E-state index >= 15 is 0 Å². The maximum Gasteiger partial charge on any atom is 0.0651 e. The van der Waals surface area contributed by atoms with E-state index in [1.807, 2.05) is 12.4 Å². The molecule has 5 nitrogen and oxygen atoms in total. The molecule has 5 rings (SSSR count). The number of piperidine rings is 1. The van der Waals surface area contributed by atoms with Gasteiger partial charge in [0.25, 0.3) is 0 Å². The first kappa shape index (κ1) is 15.5. The van der Waals surface area contributed by atoms with Crippen LogP contribution in [0, 0.1) is 0 Å². The minimum Gasteiger partial charge on any atom is -0.381 e. The number of nitrogens with one attached hydrogen (secondary N) is 3. The van der Waals surface area contributed by atoms with E-state index < -0.39 is 0 Å². The summed E-state index contributed by atoms with van der Waals surface area (Å²) in [5.74, 6) is 0. The number of aromatic amines is 2. The first-order valence-corrected chi connectivity index (χ1v) is 9.31. The number of H-pyrrole nitrogens is 2. The fraction of sp³-hybridized carbons (Fsp3) is 0.286. The van der Waals surface area contributed by atoms with Crippen LogP contribution >= 0.6 is 0 Å². The van der Waals surface area contributed by atoms with Gasteiger partial charge in [-0.1, -0.05) is 6.07 Å². The van der Waals surface area contributed by atoms with Crippen molar-refractivity contribution < 1.29 is 0 Å². The summed E-state index contributed by atoms with van der Waals surface area (Å²) in [7, 11) is 0. The van der Waals surface area contributed by atoms with Crippen LogP contribution in [0.5, 0.6) is 0 Å². The summed E-state index contributed by atoms with van der Waals surface area (Å²) in [5.41, 5.74) is 4.86. The van der Waals surface area contributed by atoms with Gasteiger partial charge in [-0.2, -0.15) is 5.10 Å². The van der Waals surface area contributed by atoms with Gasteiger partial charge in [0, 0.05) is 41.9 Å². The lowest BCUT2D eigenvalue weighted by Crippen LogP contribution is -2.41. The van der Waals surface area contributed by atoms with Crippen LogP contribution in [0.3, 0.4) is 0 Å². The Morgan fingerprint density at radius 1 is 1.08 bits per heavy atom. The highest BCUT2D eigenvalue weighted by atomic mass is 15.2. The van der Waals surface area contributed by atoms with Gasteiger partial charge in [0.05, 0.1) is 11.7 Å². The van der Waals surface area contributed by atoms with Crippen molar-refractivity contribution in [2.75, 3.05) is 18.4 Å². The molecule has 132 valence electrons. The summed E-state index contributed by atoms with van der Waals surface area (Å²) in [4.78, 5) is 5.83. The van der Waals surface area contributed by atoms with Crippen LogP contribution in [0.15, 0.2) is 54.9 Å². The van der Waals surface area contributed by atoms with Crippen molar-refractivity contribution in [3.05, 3.63) is 60.4 Å². The molecule has 1 fully saturated rings. The zero-order chi connectivity index (χ0) is 17.3. The lowest BCUT2D eigenvalue weighted by Gasteiger charge is -2.33. The van der Waals surface area contributed by atoms with Crippen LogP contribution < -0.4 is 5.32 Å². The van der Waals surface area contributed by atoms with E-state index in [2.05, 4.69) is 67.9 Å². The Balaban J connectivity index is 1.26. The highest BCUT2D eigenvalue weighted by molar-refractivity contribution is 5.82. The molecule has 0 bridgehead atoms. The van der Waals surface area contributed by atoms with Crippen molar-refractivity contribution in [2.45, 2.75) is 25.4 Å². The van der Waals surface area contributed by atoms with Crippen molar-refractivity contribution in [1.29, 1.82) is 0 Å². The lowest BCUT2D eigenvalue weighted by molar-refractivity contribution is 0.208. The van der Waals surface area contributed by atoms with Crippen LogP contribution in [-0.4, -0.2) is 39.2 Å². The Bertz CT molecular complexity index is 949. The maximum atomic E-state index is 4.10. The second-order valence-corrected chi connectivity index (χ2v) is 7.29. The van der Waals surface area contributed by atoms with Gasteiger partial charge in [-0.25, -0.2) is 0 Å². The molecule has 0 amide bonds. The standard InChI is InChI=1S/C21H23N5/c1-2-19(24-18-4-6-21-17(11-18)12-23-25-21)14-26(9-1)13-15-3-5-20-16(10-15)7-8-22-20/h3-8,10-12,19,22,24H,1-2,9,13-14H2,(H,23,25)/t19-/m1/s1. The molecule has 3 heterocycles. The number of hydrogen-bond acceptors (Lipinski definition) is 3. The molecule has 3 N–H and O–H groups in total. The predicted octanol–water partition coefficient (Wildman–Crippen LogP) is 4.12. The van der Waals surface area contributed by atoms with E-state index in [0.29, 0.717) is 6.04 Å². The molecule has 1 aliphatic heterocycles. The van der Waals surface area contributed by atoms with Gasteiger partial charge in [0.1, 0.15) is 0 Å². The zero-order valence-corrected chi connectivity index (χ0v) is 14.7. The van der Waals surface area contributed by atoms with Crippen molar-refractivity contribution in [3.63, 3.8) is 0 Å². The molecule has 5 heteroatoms. The predicted molar refractivity (Wildman–Crippen MR) is 106 cm³/mol. The first-order chi connectivity index (χ1) is 12.8. The molecule has 1 atom stereocenters. The fourth-order valence-corrected chi connectivity index (χ4v) is 4.04. The summed E-state index contributed by atoms with van der Waals surface area (Å²) >= 11 is 0. The van der Waals surface area contributed by atoms with Crippen molar-refractivity contribution >= 4 is 27.5 Å². The highest BCUT2D eigenvalue weighted by Gasteiger charge is 2.20. The third-order valence-electron chi connectivity index (χ3n) is 5.34. The number of hydrogen-bond donors (Lipinski definition) is 3. The fourth-order valence-electron chi connectivity index (χ4n) is 4.04. The van der Waals surface area contributed by atoms with Crippen molar-refractivity contribution in [3.8, 4) is 0 Å². The van der Waals surface area contributed by atoms with Crippen molar-refractivity contribution in [2.24, 2.45) is 0 Å². The molecular weight excluding hydrogens is 322 g/mol. The minimum absolute atomic E-state index is 0.490. The number of likely N-dealkylation sites (tertiary alicyclic amines) is 1. The van der Waals surface area contributed by atoms with E-state index in [4.69, 9.17) is 0 Å². The largest absolute Gasteiger partial charge is 0.381 e. The number of aromatic nitrogens is 3. The van der Waals surface area contributed by atoms with E-state index in [1.165, 1.54) is 41.5 Å². The summed E-state index contributed by atoms with van der Waals surface area (Å²) in [6.07, 6.45) is 6.34. The molecule has 1 saturated heterocycles. The average Bonchev–Trinajstić information content (AvgIpc) is 3.30. The number of anilines is 1. The molecule has 0 unspecified atom stereocenters. The third-order valence-corrected chi connectivity index (χ3v) is 5.34. The SMILES string of the molecule is c1cc2cc(CN3CCC[C@@H](Nc4ccc5[nH]ncc5c4)C3)ccc2[nH]1. The van der Waals surface area contributed by atoms with Crippen LogP contribution in [0.4, 0.5) is 5.69 Å². The molecule has 4 aromatic rings. The summed E-state index contributed by atoms with van der Waals surface area (Å²) < 4.78 is 0. The van der Waals surface area contributed by atoms with Crippen LogP contribution in [0.25, 0.3) is 21.8 Å². The Kier molecular flexibility index (Phi) is 3.87. The van der Waals surface area contributed by atoms with Gasteiger partial charge in [0.15, 0.2) is 0 Å². The van der Waals surface area contributed by atoms with Gasteiger partial charge in [-0.15, -0.1) is 0 Å². The van der Waals surface area contributed by atoms with Gasteiger partial charge in [-0.3, -0.25) is 10.00 Å². The Hall–Kier alpha value is -2.79. The average molecular weight is 345 g/mol. The Morgan fingerprint density at radius 2 is 2.04 bits per heavy atom. The lowest BCUT2D eigenvalue weighted by atomic mass is 10.0. The molecule has 0 radical (unpaired) electrons. The first-order valence-electron chi connectivity index (χ1n) is 9.31. The molecule has 0 saturated carbocycles. The van der Waals surface area contributed by atoms with Gasteiger partial charge in [-0.05, 0) is 66.7 Å². The molecular formula is C21H23N5. The smallest absolute Gasteiger partial charge is 0.0651 e. The molecule has 26 heavy (non-hydrogen) atoms. The van der Waals surface area contributed by atoms with Crippen LogP contribution in [-0.2, 0) is 6.54 Å². The third kappa shape index (κ3) is 3.06. The number of rotatable bonds is 4. The molecule has 2 aromatic heterocycles. The van der Waals surface area contributed by atoms with Gasteiger partial charge in [0.2, 0.25) is 0 Å². The van der Waals surface area contributed by atoms with Crippen LogP contribution in [0.1, 0.15) is 18.4 Å². The second kappa shape index (κ2) is 6.50. The maximum absolute atomic E-state index is 4.10. The monoisotopic (exact) mass is 345 g/mol. The van der Waals surface area contributed by atoms with E-state index in [0.717, 1.165) is 24.0 Å². The summed E-state index contributed by atoms with van der Waals surface area (Å²) in [6, 6.07) is 15.8. The number of benzene rings is 2. The van der Waals surface area contributed by atoms with Gasteiger partial charge >= 0.3 is 0 Å². The minimum atomic E-state index is 0.490. The highest BCUT2D eigenvalue weighted by Crippen LogP contribution is 2.22. The van der Waals surface area contributed by atoms with Crippen molar-refractivity contribution in [1.82, 2.24) is 20.1 Å². The quantitative estimate of drug-likeness (QED) is 0.521. The zero-order valence-electron chi connectivity index (χ0n) is 14.7. The second-order valence-electron chi connectivity index (χ2n) is 7.29. The van der Waals surface area contributed by atoms with Crippen LogP contribution in [0.2, 0.25) is 0 Å². The van der Waals surface area contributed by atoms with E-state index in [-0.39, 0.29) is 0 Å². The molecule has 0 spiro atoms. The Morgan fingerprint density at radius 3 is 3.04 bits per heavy atom. The van der Waals surface area contributed by atoms with E-state index in [1.54, 1.807) is 0 Å². The number of nitrogens with zero attached hydrogens (tertiary/aromatic N) is 2. The molecule has 2 aromatic carbocycles. The van der Waals surface area contributed by atoms with E-state index in [9.17, 15) is 0 Å². The molecule has 1 aliphatic rings. The summed E-state index contributed by atoms with van der Waals surface area (Å²) in [5, 5.41) is 13.3. The number of fused-ring (bicyclic) bond motifs is 2. The van der Waals surface area contributed by atoms with Gasteiger partial charge < -0.3 is 10.3 Å². The summed E-state index contributed by atoms with van der Waals surface area (Å²) in [6.45, 7) is 3.26.